The fourth-order valence-corrected chi connectivity index (χ4v) is 1.60. The molecule has 2 rings (SSSR count). The molecule has 0 aliphatic carbocycles. The van der Waals surface area contributed by atoms with Gasteiger partial charge in [-0.2, -0.15) is 4.68 Å². The van der Waals surface area contributed by atoms with Crippen LogP contribution in [-0.4, -0.2) is 34.8 Å². The first-order valence-corrected chi connectivity index (χ1v) is 5.27. The van der Waals surface area contributed by atoms with Crippen LogP contribution in [0.2, 0.25) is 0 Å². The highest BCUT2D eigenvalue weighted by Gasteiger charge is 2.12. The fraction of sp³-hybridized carbons (Fsp3) is 0.182. The van der Waals surface area contributed by atoms with E-state index in [-0.39, 0.29) is 11.9 Å². The van der Waals surface area contributed by atoms with E-state index in [1.165, 1.54) is 6.33 Å². The van der Waals surface area contributed by atoms with Crippen molar-refractivity contribution in [2.24, 2.45) is 0 Å². The number of hydrogen-bond donors (Lipinski definition) is 2. The molecule has 94 valence electrons. The lowest BCUT2D eigenvalue weighted by Gasteiger charge is -2.15. The van der Waals surface area contributed by atoms with Crippen LogP contribution in [0.5, 0.6) is 0 Å². The van der Waals surface area contributed by atoms with Crippen LogP contribution in [0.4, 0.5) is 17.3 Å². The van der Waals surface area contributed by atoms with Crippen LogP contribution in [0.15, 0.2) is 24.5 Å². The van der Waals surface area contributed by atoms with Gasteiger partial charge in [-0.15, -0.1) is 5.10 Å². The number of anilines is 3. The summed E-state index contributed by atoms with van der Waals surface area (Å²) in [4.78, 5) is 17.6. The Kier molecular flexibility index (Phi) is 2.88. The summed E-state index contributed by atoms with van der Waals surface area (Å²) in [7, 11) is 3.76. The van der Waals surface area contributed by atoms with Crippen molar-refractivity contribution in [3.8, 4) is 0 Å². The van der Waals surface area contributed by atoms with Gasteiger partial charge >= 0.3 is 0 Å². The normalized spacial score (nSPS) is 10.3. The summed E-state index contributed by atoms with van der Waals surface area (Å²) >= 11 is 0. The van der Waals surface area contributed by atoms with Crippen molar-refractivity contribution in [2.45, 2.75) is 0 Å². The van der Waals surface area contributed by atoms with Crippen LogP contribution in [0.1, 0.15) is 10.4 Å². The first kappa shape index (κ1) is 11.9. The van der Waals surface area contributed by atoms with Gasteiger partial charge in [0.05, 0.1) is 11.4 Å². The predicted molar refractivity (Wildman–Crippen MR) is 69.3 cm³/mol. The van der Waals surface area contributed by atoms with E-state index in [4.69, 9.17) is 11.5 Å². The monoisotopic (exact) mass is 246 g/mol. The van der Waals surface area contributed by atoms with E-state index in [2.05, 4.69) is 10.1 Å². The molecule has 0 saturated carbocycles. The number of nitrogens with zero attached hydrogens (tertiary/aromatic N) is 4. The van der Waals surface area contributed by atoms with Gasteiger partial charge in [-0.25, -0.2) is 4.98 Å². The zero-order chi connectivity index (χ0) is 13.3. The van der Waals surface area contributed by atoms with Gasteiger partial charge in [0.25, 0.3) is 5.91 Å². The average molecular weight is 246 g/mol. The minimum absolute atomic E-state index is 0.0567. The highest BCUT2D eigenvalue weighted by molar-refractivity contribution is 5.97. The Labute approximate surface area is 104 Å². The Hall–Kier alpha value is -2.57. The summed E-state index contributed by atoms with van der Waals surface area (Å²) in [6, 6.07) is 5.07. The first-order valence-electron chi connectivity index (χ1n) is 5.27. The molecule has 0 amide bonds. The van der Waals surface area contributed by atoms with E-state index < -0.39 is 0 Å². The van der Waals surface area contributed by atoms with Crippen LogP contribution in [0.3, 0.4) is 0 Å². The molecule has 0 fully saturated rings. The highest BCUT2D eigenvalue weighted by Crippen LogP contribution is 2.22. The maximum Gasteiger partial charge on any atom is 0.279 e. The van der Waals surface area contributed by atoms with Crippen molar-refractivity contribution in [1.29, 1.82) is 0 Å². The number of hydrogen-bond acceptors (Lipinski definition) is 6. The van der Waals surface area contributed by atoms with E-state index in [1.807, 2.05) is 19.0 Å². The lowest BCUT2D eigenvalue weighted by molar-refractivity contribution is 0.0945. The van der Waals surface area contributed by atoms with Gasteiger partial charge in [0.15, 0.2) is 0 Å². The lowest BCUT2D eigenvalue weighted by Crippen LogP contribution is -2.15. The molecule has 1 heterocycles. The van der Waals surface area contributed by atoms with Crippen molar-refractivity contribution in [3.63, 3.8) is 0 Å². The maximum absolute atomic E-state index is 12.0. The van der Waals surface area contributed by atoms with E-state index in [0.717, 1.165) is 10.4 Å². The molecular formula is C11H14N6O. The summed E-state index contributed by atoms with van der Waals surface area (Å²) in [6.45, 7) is 0. The quantitative estimate of drug-likeness (QED) is 0.733. The summed E-state index contributed by atoms with van der Waals surface area (Å²) in [6.07, 6.45) is 1.27. The number of rotatable bonds is 2. The third-order valence-corrected chi connectivity index (χ3v) is 2.47. The number of benzene rings is 1. The van der Waals surface area contributed by atoms with Gasteiger partial charge in [0, 0.05) is 19.7 Å². The van der Waals surface area contributed by atoms with Crippen LogP contribution in [0, 0.1) is 0 Å². The topological polar surface area (TPSA) is 103 Å². The molecule has 1 aromatic carbocycles. The van der Waals surface area contributed by atoms with Crippen molar-refractivity contribution in [1.82, 2.24) is 14.8 Å². The standard InChI is InChI=1S/C11H14N6O/c1-16(2)9-4-3-7(5-8(9)12)10(18)17-6-14-11(13)15-17/h3-6H,12H2,1-2H3,(H2,13,15). The minimum atomic E-state index is -0.323. The van der Waals surface area contributed by atoms with Crippen LogP contribution in [-0.2, 0) is 0 Å². The predicted octanol–water partition coefficient (Wildman–Crippen LogP) is 0.197. The van der Waals surface area contributed by atoms with Gasteiger partial charge in [-0.3, -0.25) is 4.79 Å². The Morgan fingerprint density at radius 3 is 2.56 bits per heavy atom. The van der Waals surface area contributed by atoms with Crippen LogP contribution < -0.4 is 16.4 Å². The molecule has 0 aliphatic heterocycles. The second kappa shape index (κ2) is 4.36. The fourth-order valence-electron chi connectivity index (χ4n) is 1.60. The van der Waals surface area contributed by atoms with Crippen molar-refractivity contribution in [2.75, 3.05) is 30.5 Å². The summed E-state index contributed by atoms with van der Waals surface area (Å²) in [5, 5.41) is 3.76. The molecule has 18 heavy (non-hydrogen) atoms. The molecule has 0 radical (unpaired) electrons. The Bertz CT molecular complexity index is 589. The van der Waals surface area contributed by atoms with Crippen LogP contribution >= 0.6 is 0 Å². The molecule has 4 N–H and O–H groups in total. The van der Waals surface area contributed by atoms with Gasteiger partial charge in [-0.05, 0) is 18.2 Å². The summed E-state index contributed by atoms with van der Waals surface area (Å²) in [5.74, 6) is -0.266. The zero-order valence-corrected chi connectivity index (χ0v) is 10.2. The third-order valence-electron chi connectivity index (χ3n) is 2.47. The summed E-state index contributed by atoms with van der Waals surface area (Å²) in [5.41, 5.74) is 13.1. The zero-order valence-electron chi connectivity index (χ0n) is 10.2. The SMILES string of the molecule is CN(C)c1ccc(C(=O)n2cnc(N)n2)cc1N. The molecular weight excluding hydrogens is 232 g/mol. The maximum atomic E-state index is 12.0. The molecule has 2 aromatic rings. The van der Waals surface area contributed by atoms with Gasteiger partial charge in [-0.1, -0.05) is 0 Å². The van der Waals surface area contributed by atoms with Gasteiger partial charge in [0.1, 0.15) is 6.33 Å². The average Bonchev–Trinajstić information content (AvgIpc) is 2.74. The van der Waals surface area contributed by atoms with Gasteiger partial charge < -0.3 is 16.4 Å². The number of carbonyl (C=O) groups excluding carboxylic acids is 1. The lowest BCUT2D eigenvalue weighted by atomic mass is 10.1. The smallest absolute Gasteiger partial charge is 0.279 e. The highest BCUT2D eigenvalue weighted by atomic mass is 16.2. The molecule has 0 aliphatic rings. The van der Waals surface area contributed by atoms with Crippen molar-refractivity contribution >= 4 is 23.2 Å². The van der Waals surface area contributed by atoms with E-state index in [0.29, 0.717) is 11.3 Å². The molecule has 7 nitrogen and oxygen atoms in total. The first-order chi connectivity index (χ1) is 8.49. The van der Waals surface area contributed by atoms with E-state index in [9.17, 15) is 4.79 Å². The van der Waals surface area contributed by atoms with Crippen LogP contribution in [0.25, 0.3) is 0 Å². The Morgan fingerprint density at radius 1 is 1.33 bits per heavy atom. The molecule has 0 unspecified atom stereocenters. The molecule has 7 heteroatoms. The number of carbonyl (C=O) groups is 1. The van der Waals surface area contributed by atoms with Crippen molar-refractivity contribution in [3.05, 3.63) is 30.1 Å². The second-order valence-electron chi connectivity index (χ2n) is 4.02. The number of nitrogen functional groups attached to an aromatic ring is 2. The largest absolute Gasteiger partial charge is 0.397 e. The summed E-state index contributed by atoms with van der Waals surface area (Å²) < 4.78 is 1.08. The van der Waals surface area contributed by atoms with Gasteiger partial charge in [0.2, 0.25) is 5.95 Å². The van der Waals surface area contributed by atoms with E-state index >= 15 is 0 Å². The minimum Gasteiger partial charge on any atom is -0.397 e. The third kappa shape index (κ3) is 2.10. The molecule has 0 saturated heterocycles. The Balaban J connectivity index is 2.35. The molecule has 0 spiro atoms. The molecule has 0 bridgehead atoms. The van der Waals surface area contributed by atoms with Crippen molar-refractivity contribution < 1.29 is 4.79 Å². The van der Waals surface area contributed by atoms with E-state index in [1.54, 1.807) is 18.2 Å². The number of aromatic nitrogens is 3. The number of nitrogens with two attached hydrogens (primary N) is 2. The Morgan fingerprint density at radius 2 is 2.06 bits per heavy atom. The second-order valence-corrected chi connectivity index (χ2v) is 4.02. The molecule has 0 atom stereocenters. The molecule has 1 aromatic heterocycles.